The Bertz CT molecular complexity index is 4730. The fourth-order valence-electron chi connectivity index (χ4n) is 8.85. The normalized spacial score (nSPS) is 13.1. The van der Waals surface area contributed by atoms with Crippen molar-refractivity contribution in [3.8, 4) is 156 Å². The van der Waals surface area contributed by atoms with Gasteiger partial charge in [0, 0.05) is 102 Å². The summed E-state index contributed by atoms with van der Waals surface area (Å²) in [4.78, 5) is 74.6. The Morgan fingerprint density at radius 3 is 1.08 bits per heavy atom. The second-order valence-electron chi connectivity index (χ2n) is 29.2. The van der Waals surface area contributed by atoms with E-state index in [0.29, 0.717) is 127 Å². The zero-order valence-electron chi connectivity index (χ0n) is 78.9. The molecule has 0 heterocycles. The lowest BCUT2D eigenvalue weighted by Gasteiger charge is -2.01. The molecule has 1 aliphatic carbocycles. The highest BCUT2D eigenvalue weighted by Crippen LogP contribution is 2.33. The summed E-state index contributed by atoms with van der Waals surface area (Å²) in [5.74, 6) is 61.0. The van der Waals surface area contributed by atoms with E-state index in [1.165, 1.54) is 52.7 Å². The molecule has 0 saturated heterocycles. The SMILES string of the molecule is C#CCC/C=C/C=C/C#CCCCCC(C)=O.C#CCC/C=C/C=C/C#C[C@@H](O)CCCC(C)=O.C#CC[C@@H](O)/C=C/C=C/C#CCCC(C)=O.C#CC[C@@H](O)/C=C/C=C/C#CCCOCC(C)=O.CC#CC[C@@H](O)/C=C/C=C/C#C[C@@H](O)CCCC(C)=O.CC(=O)CC[C@H](O)C#C/C=C/C=C/[C@H](O)CC#Cc1ccc(F)cc1.CC(=O)CC[C@H](O)C#C/C=C/C=C/[C@H](O)CC1CC1. The molecule has 17 nitrogen and oxygen atoms in total. The fourth-order valence-corrected chi connectivity index (χ4v) is 8.85. The number of ether oxygens (including phenoxy) is 1. The highest BCUT2D eigenvalue weighted by molar-refractivity contribution is 5.78. The molecule has 9 atom stereocenters. The monoisotopic (exact) mass is 1810 g/mol. The van der Waals surface area contributed by atoms with Crippen LogP contribution in [0.1, 0.15) is 241 Å². The van der Waals surface area contributed by atoms with E-state index < -0.39 is 48.8 Å². The summed E-state index contributed by atoms with van der Waals surface area (Å²) in [5, 5.41) is 85.2. The number of carbonyl (C=O) groups is 7. The average Bonchev–Trinajstić information content (AvgIpc) is 1.73. The van der Waals surface area contributed by atoms with Crippen molar-refractivity contribution >= 4 is 40.5 Å². The molecule has 18 heteroatoms. The number of allylic oxidation sites excluding steroid dienone is 23. The highest BCUT2D eigenvalue weighted by Gasteiger charge is 2.23. The molecule has 133 heavy (non-hydrogen) atoms. The average molecular weight is 1810 g/mol. The molecule has 1 fully saturated rings. The molecule has 0 aromatic heterocycles. The van der Waals surface area contributed by atoms with Gasteiger partial charge in [-0.15, -0.1) is 61.2 Å². The number of carbonyl (C=O) groups excluding carboxylic acids is 7. The number of Topliss-reactive ketones (excluding diaryl/α,β-unsaturated/α-hetero) is 7. The van der Waals surface area contributed by atoms with E-state index in [9.17, 15) is 83.9 Å². The number of hydrogen-bond acceptors (Lipinski definition) is 17. The summed E-state index contributed by atoms with van der Waals surface area (Å²) in [6.45, 7) is 13.0. The Balaban J connectivity index is -0.000000481. The molecule has 708 valence electrons. The number of halogens is 1. The number of unbranched alkanes of at least 4 members (excludes halogenated alkanes) is 4. The Morgan fingerprint density at radius 1 is 0.368 bits per heavy atom. The molecule has 0 radical (unpaired) electrons. The first-order chi connectivity index (χ1) is 63.9. The first-order valence-electron chi connectivity index (χ1n) is 44.2. The summed E-state index contributed by atoms with van der Waals surface area (Å²) in [6, 6.07) is 5.83. The van der Waals surface area contributed by atoms with Crippen LogP contribution in [0.5, 0.6) is 0 Å². The number of terminal acetylenes is 4. The van der Waals surface area contributed by atoms with Crippen LogP contribution in [-0.2, 0) is 38.3 Å². The van der Waals surface area contributed by atoms with Crippen molar-refractivity contribution in [3.63, 3.8) is 0 Å². The molecule has 1 aromatic rings. The van der Waals surface area contributed by atoms with Gasteiger partial charge in [0.25, 0.3) is 0 Å². The second kappa shape index (κ2) is 99.6. The molecule has 9 N–H and O–H groups in total. The molecule has 1 aliphatic rings. The van der Waals surface area contributed by atoms with Gasteiger partial charge in [-0.2, -0.15) is 0 Å². The Hall–Kier alpha value is -12.9. The summed E-state index contributed by atoms with van der Waals surface area (Å²) < 4.78 is 17.8. The lowest BCUT2D eigenvalue weighted by Crippen LogP contribution is -2.05. The summed E-state index contributed by atoms with van der Waals surface area (Å²) >= 11 is 0. The van der Waals surface area contributed by atoms with Gasteiger partial charge in [0.15, 0.2) is 5.78 Å². The van der Waals surface area contributed by atoms with Crippen LogP contribution in [-0.4, -0.2) is 155 Å². The predicted molar refractivity (Wildman–Crippen MR) is 537 cm³/mol. The van der Waals surface area contributed by atoms with Gasteiger partial charge in [0.05, 0.1) is 37.1 Å². The van der Waals surface area contributed by atoms with E-state index in [4.69, 9.17) is 30.4 Å². The number of rotatable bonds is 46. The van der Waals surface area contributed by atoms with Gasteiger partial charge in [-0.3, -0.25) is 9.59 Å². The van der Waals surface area contributed by atoms with Crippen LogP contribution < -0.4 is 0 Å². The number of aliphatic hydroxyl groups is 9. The summed E-state index contributed by atoms with van der Waals surface area (Å²) in [5.41, 5.74) is 0.691. The van der Waals surface area contributed by atoms with Gasteiger partial charge in [-0.05, 0) is 199 Å². The van der Waals surface area contributed by atoms with Gasteiger partial charge in [-0.1, -0.05) is 235 Å². The van der Waals surface area contributed by atoms with Gasteiger partial charge in [-0.25, -0.2) is 4.39 Å². The minimum Gasteiger partial charge on any atom is -0.389 e. The van der Waals surface area contributed by atoms with Gasteiger partial charge in [0.1, 0.15) is 71.5 Å². The summed E-state index contributed by atoms with van der Waals surface area (Å²) in [6.07, 6.45) is 80.7. The number of benzene rings is 1. The fraction of sp³-hybridized carbons (Fsp3) is 0.417. The van der Waals surface area contributed by atoms with Crippen LogP contribution in [0.15, 0.2) is 194 Å². The van der Waals surface area contributed by atoms with Crippen molar-refractivity contribution in [2.24, 2.45) is 5.92 Å². The molecular formula is C115H139FO17. The third-order valence-corrected chi connectivity index (χ3v) is 15.9. The minimum atomic E-state index is -0.815. The van der Waals surface area contributed by atoms with Crippen LogP contribution in [0.2, 0.25) is 0 Å². The minimum absolute atomic E-state index is 0.0125. The van der Waals surface area contributed by atoms with Crippen LogP contribution in [0.4, 0.5) is 4.39 Å². The van der Waals surface area contributed by atoms with Gasteiger partial charge >= 0.3 is 0 Å². The first-order valence-corrected chi connectivity index (χ1v) is 44.2. The lowest BCUT2D eigenvalue weighted by molar-refractivity contribution is -0.121. The van der Waals surface area contributed by atoms with E-state index in [1.807, 2.05) is 42.5 Å². The maximum absolute atomic E-state index is 12.7. The van der Waals surface area contributed by atoms with Crippen molar-refractivity contribution in [1.29, 1.82) is 0 Å². The number of ketones is 7. The molecule has 0 amide bonds. The van der Waals surface area contributed by atoms with E-state index in [1.54, 1.807) is 167 Å². The molecule has 0 aliphatic heterocycles. The maximum atomic E-state index is 12.7. The molecule has 0 unspecified atom stereocenters. The highest BCUT2D eigenvalue weighted by atomic mass is 19.1. The second-order valence-corrected chi connectivity index (χ2v) is 29.2. The first kappa shape index (κ1) is 129. The zero-order valence-corrected chi connectivity index (χ0v) is 78.9. The van der Waals surface area contributed by atoms with Gasteiger partial charge in [0.2, 0.25) is 0 Å². The van der Waals surface area contributed by atoms with Crippen molar-refractivity contribution in [2.45, 2.75) is 290 Å². The molecule has 0 spiro atoms. The molecular weight excluding hydrogens is 1670 g/mol. The van der Waals surface area contributed by atoms with Crippen molar-refractivity contribution in [3.05, 3.63) is 206 Å². The predicted octanol–water partition coefficient (Wildman–Crippen LogP) is 16.4. The molecule has 0 bridgehead atoms. The van der Waals surface area contributed by atoms with Crippen LogP contribution in [0.25, 0.3) is 0 Å². The van der Waals surface area contributed by atoms with Crippen LogP contribution in [0, 0.1) is 168 Å². The maximum Gasteiger partial charge on any atom is 0.155 e. The number of aliphatic hydroxyl groups excluding tert-OH is 9. The van der Waals surface area contributed by atoms with Gasteiger partial charge < -0.3 is 74.7 Å². The van der Waals surface area contributed by atoms with Crippen molar-refractivity contribution in [2.75, 3.05) is 13.2 Å². The third kappa shape index (κ3) is 119. The van der Waals surface area contributed by atoms with E-state index in [2.05, 4.69) is 130 Å². The standard InChI is InChI=1S/C21H21FO3.C17H22O3.C16H22O3.C16H20O2.C16H20O.C15H18O3.C14H16O2/c1-17(23)11-16-21(25)9-5-3-2-4-8-20(24)10-6-7-18-12-14-19(22)15-13-18;1-3-4-11-16(19)12-7-5-6-8-13-17(20)14-9-10-15(2)18;1-13(17)8-11-15(18)6-4-2-3-5-7-16(19)12-14-9-10-14;1-3-4-5-6-7-8-9-10-13-16(18)14-11-12-15(2)17;1-3-4-5-6-7-8-9-10-11-12-13-14-15-16(2)17;1-3-10-15(17)11-8-6-4-5-7-9-12-18-13-14(2)16;1-3-10-14(16)12-9-7-5-4-6-8-11-13(2)15/h2-4,8,12-15,20-21,24-25H,10-11,16H2,1H3;5-7,12,16-17,19-20H,9-11,14H2,1-2H3;2-3,5,7,14-16,18-19H,8-12H2,1H3;1,6-9,16,18H,4-5,11-12,14H2,2H3;1,6-9H,4-5,12-15H2,2H3;1,4,6,8,11,15,17H,9-10,12-13H2,2H3;1,5,7,9,12,14,16H,8,10-11H2,2H3/b3-2+,8-4+;6-5+,12-7+;3-2+,7-5+;2*7-6+,9-8+;6-4+,11-8+;7-5+,12-9+/t20-,21+;16-,17-;15-,16+;16-;;15-;14-/m0111.11/s1. The topological polar surface area (TPSA) is 311 Å². The smallest absolute Gasteiger partial charge is 0.155 e. The summed E-state index contributed by atoms with van der Waals surface area (Å²) in [7, 11) is 0. The zero-order chi connectivity index (χ0) is 100. The van der Waals surface area contributed by atoms with E-state index in [0.717, 1.165) is 51.4 Å². The molecule has 1 aromatic carbocycles. The largest absolute Gasteiger partial charge is 0.389 e. The van der Waals surface area contributed by atoms with Crippen LogP contribution >= 0.6 is 0 Å². The van der Waals surface area contributed by atoms with Crippen molar-refractivity contribution in [1.82, 2.24) is 0 Å². The third-order valence-electron chi connectivity index (χ3n) is 15.9. The van der Waals surface area contributed by atoms with Crippen LogP contribution in [0.3, 0.4) is 0 Å². The van der Waals surface area contributed by atoms with Crippen molar-refractivity contribution < 1.29 is 88.6 Å². The molecule has 2 rings (SSSR count). The lowest BCUT2D eigenvalue weighted by atomic mass is 10.1. The Labute approximate surface area is 795 Å². The Morgan fingerprint density at radius 2 is 0.714 bits per heavy atom. The quantitative estimate of drug-likeness (QED) is 0.0166. The van der Waals surface area contributed by atoms with E-state index >= 15 is 0 Å². The Kier molecular flexibility index (Phi) is 96.3. The van der Waals surface area contributed by atoms with E-state index in [-0.39, 0.29) is 65.4 Å². The molecule has 1 saturated carbocycles. The number of hydrogen-bond donors (Lipinski definition) is 9.